The molecule has 4 atom stereocenters. The average molecular weight is 532 g/mol. The van der Waals surface area contributed by atoms with Gasteiger partial charge in [-0.2, -0.15) is 0 Å². The highest BCUT2D eigenvalue weighted by Crippen LogP contribution is 2.55. The first-order chi connectivity index (χ1) is 18.0. The van der Waals surface area contributed by atoms with Gasteiger partial charge in [0.25, 0.3) is 0 Å². The van der Waals surface area contributed by atoms with E-state index in [4.69, 9.17) is 23.7 Å². The average Bonchev–Trinajstić information content (AvgIpc) is 3.56. The molecule has 10 heteroatoms. The highest BCUT2D eigenvalue weighted by molar-refractivity contribution is 5.86. The first-order valence-corrected chi connectivity index (χ1v) is 13.2. The van der Waals surface area contributed by atoms with Crippen molar-refractivity contribution in [3.63, 3.8) is 0 Å². The molecule has 3 aliphatic heterocycles. The molecule has 3 heterocycles. The summed E-state index contributed by atoms with van der Waals surface area (Å²) in [5, 5.41) is 21.7. The van der Waals surface area contributed by atoms with Crippen molar-refractivity contribution in [2.75, 3.05) is 34.1 Å². The second-order valence-electron chi connectivity index (χ2n) is 11.4. The van der Waals surface area contributed by atoms with Gasteiger partial charge >= 0.3 is 11.9 Å². The third kappa shape index (κ3) is 4.63. The summed E-state index contributed by atoms with van der Waals surface area (Å²) in [5.74, 6) is -0.163. The van der Waals surface area contributed by atoms with Crippen molar-refractivity contribution >= 4 is 11.9 Å². The van der Waals surface area contributed by atoms with Crippen LogP contribution in [0.4, 0.5) is 0 Å². The number of rotatable bonds is 8. The van der Waals surface area contributed by atoms with Crippen molar-refractivity contribution in [2.24, 2.45) is 0 Å². The molecule has 2 N–H and O–H groups in total. The molecular formula is C28H37NO9. The smallest absolute Gasteiger partial charge is 0.339 e. The van der Waals surface area contributed by atoms with Gasteiger partial charge in [-0.15, -0.1) is 0 Å². The highest BCUT2D eigenvalue weighted by atomic mass is 16.7. The molecule has 1 aromatic carbocycles. The fourth-order valence-corrected chi connectivity index (χ4v) is 6.41. The lowest BCUT2D eigenvalue weighted by atomic mass is 9.77. The van der Waals surface area contributed by atoms with Gasteiger partial charge in [-0.25, -0.2) is 4.79 Å². The summed E-state index contributed by atoms with van der Waals surface area (Å²) in [6.07, 6.45) is 3.18. The van der Waals surface area contributed by atoms with Gasteiger partial charge in [0.1, 0.15) is 5.76 Å². The maximum absolute atomic E-state index is 13.7. The van der Waals surface area contributed by atoms with Crippen molar-refractivity contribution in [1.29, 1.82) is 0 Å². The fourth-order valence-electron chi connectivity index (χ4n) is 6.41. The summed E-state index contributed by atoms with van der Waals surface area (Å²) < 4.78 is 28.0. The van der Waals surface area contributed by atoms with Crippen LogP contribution in [-0.2, 0) is 30.2 Å². The second-order valence-corrected chi connectivity index (χ2v) is 11.4. The molecule has 0 bridgehead atoms. The number of ether oxygens (including phenoxy) is 5. The zero-order chi connectivity index (χ0) is 27.3. The van der Waals surface area contributed by atoms with Crippen LogP contribution in [-0.4, -0.2) is 84.0 Å². The number of fused-ring (bicyclic) bond motifs is 3. The van der Waals surface area contributed by atoms with Crippen LogP contribution >= 0.6 is 0 Å². The Morgan fingerprint density at radius 2 is 1.87 bits per heavy atom. The minimum absolute atomic E-state index is 0.0701. The van der Waals surface area contributed by atoms with E-state index >= 15 is 0 Å². The molecule has 1 aromatic rings. The Balaban J connectivity index is 1.53. The molecule has 4 aliphatic rings. The van der Waals surface area contributed by atoms with E-state index in [1.54, 1.807) is 21.0 Å². The summed E-state index contributed by atoms with van der Waals surface area (Å²) >= 11 is 0. The van der Waals surface area contributed by atoms with Crippen molar-refractivity contribution in [3.05, 3.63) is 35.1 Å². The van der Waals surface area contributed by atoms with Crippen LogP contribution in [0.3, 0.4) is 0 Å². The molecule has 1 aliphatic carbocycles. The number of nitrogens with zero attached hydrogens (tertiary/aromatic N) is 1. The quantitative estimate of drug-likeness (QED) is 0.483. The van der Waals surface area contributed by atoms with E-state index in [2.05, 4.69) is 11.0 Å². The third-order valence-electron chi connectivity index (χ3n) is 8.39. The predicted molar refractivity (Wildman–Crippen MR) is 135 cm³/mol. The molecule has 38 heavy (non-hydrogen) atoms. The number of hydrogen-bond acceptors (Lipinski definition) is 10. The highest BCUT2D eigenvalue weighted by Gasteiger charge is 2.59. The Bertz CT molecular complexity index is 1140. The molecule has 10 nitrogen and oxygen atoms in total. The van der Waals surface area contributed by atoms with Crippen LogP contribution in [0.25, 0.3) is 0 Å². The Hall–Kier alpha value is -2.82. The van der Waals surface area contributed by atoms with Gasteiger partial charge in [-0.1, -0.05) is 0 Å². The van der Waals surface area contributed by atoms with Gasteiger partial charge < -0.3 is 33.9 Å². The summed E-state index contributed by atoms with van der Waals surface area (Å²) in [6.45, 7) is 5.04. The molecule has 0 amide bonds. The maximum atomic E-state index is 13.7. The SMILES string of the molecule is COC(=O)C[C@](O)(CCC(C)(C)O)C(=O)O[C@H]1C(OC)=C[C@]23CCCN2CCc2cc4c(cc2[C@H]13)OCO4. The van der Waals surface area contributed by atoms with Crippen molar-refractivity contribution in [3.8, 4) is 11.5 Å². The monoisotopic (exact) mass is 531 g/mol. The van der Waals surface area contributed by atoms with Crippen molar-refractivity contribution in [1.82, 2.24) is 4.90 Å². The molecule has 1 spiro atoms. The molecule has 208 valence electrons. The van der Waals surface area contributed by atoms with Gasteiger partial charge in [0.15, 0.2) is 23.2 Å². The maximum Gasteiger partial charge on any atom is 0.339 e. The third-order valence-corrected chi connectivity index (χ3v) is 8.39. The predicted octanol–water partition coefficient (Wildman–Crippen LogP) is 2.19. The lowest BCUT2D eigenvalue weighted by Gasteiger charge is -2.39. The standard InChI is InChI=1S/C28H37NO9/c1-26(2,32)8-9-28(33,15-22(30)35-4)25(31)38-24-21(34-3)14-27-7-5-10-29(27)11-6-17-12-19-20(37-16-36-19)13-18(17)23(24)27/h12-14,23-24,32-33H,5-11,15-16H2,1-4H3/t23-,24+,27+,28-/m1/s1. The number of carbonyl (C=O) groups is 2. The number of esters is 2. The fraction of sp³-hybridized carbons (Fsp3) is 0.643. The van der Waals surface area contributed by atoms with Gasteiger partial charge in [-0.3, -0.25) is 9.69 Å². The lowest BCUT2D eigenvalue weighted by Crippen LogP contribution is -2.49. The van der Waals surface area contributed by atoms with E-state index in [0.717, 1.165) is 43.5 Å². The number of aliphatic hydroxyl groups is 2. The minimum Gasteiger partial charge on any atom is -0.497 e. The van der Waals surface area contributed by atoms with E-state index in [-0.39, 0.29) is 25.6 Å². The molecular weight excluding hydrogens is 494 g/mol. The van der Waals surface area contributed by atoms with Crippen LogP contribution in [0.5, 0.6) is 11.5 Å². The molecule has 0 unspecified atom stereocenters. The van der Waals surface area contributed by atoms with E-state index in [9.17, 15) is 19.8 Å². The summed E-state index contributed by atoms with van der Waals surface area (Å²) in [7, 11) is 2.74. The Kier molecular flexibility index (Phi) is 6.86. The van der Waals surface area contributed by atoms with Gasteiger partial charge in [0.05, 0.1) is 37.7 Å². The molecule has 0 saturated carbocycles. The normalized spacial score (nSPS) is 27.4. The number of hydrogen-bond donors (Lipinski definition) is 2. The van der Waals surface area contributed by atoms with E-state index in [0.29, 0.717) is 17.3 Å². The zero-order valence-electron chi connectivity index (χ0n) is 22.5. The number of methoxy groups -OCH3 is 2. The van der Waals surface area contributed by atoms with Crippen LogP contribution in [0.1, 0.15) is 63.0 Å². The van der Waals surface area contributed by atoms with Crippen LogP contribution in [0, 0.1) is 0 Å². The Labute approximate surface area is 222 Å². The summed E-state index contributed by atoms with van der Waals surface area (Å²) in [6, 6.07) is 3.99. The van der Waals surface area contributed by atoms with Crippen molar-refractivity contribution < 1.29 is 43.5 Å². The second kappa shape index (κ2) is 9.73. The Morgan fingerprint density at radius 3 is 2.55 bits per heavy atom. The molecule has 0 radical (unpaired) electrons. The molecule has 1 saturated heterocycles. The van der Waals surface area contributed by atoms with Crippen LogP contribution < -0.4 is 9.47 Å². The molecule has 5 rings (SSSR count). The lowest BCUT2D eigenvalue weighted by molar-refractivity contribution is -0.179. The summed E-state index contributed by atoms with van der Waals surface area (Å²) in [4.78, 5) is 28.3. The van der Waals surface area contributed by atoms with Gasteiger partial charge in [0, 0.05) is 6.54 Å². The van der Waals surface area contributed by atoms with E-state index in [1.807, 2.05) is 12.1 Å². The largest absolute Gasteiger partial charge is 0.497 e. The van der Waals surface area contributed by atoms with Crippen molar-refractivity contribution in [2.45, 2.75) is 81.1 Å². The minimum atomic E-state index is -2.18. The zero-order valence-corrected chi connectivity index (χ0v) is 22.5. The van der Waals surface area contributed by atoms with Crippen LogP contribution in [0.2, 0.25) is 0 Å². The topological polar surface area (TPSA) is 124 Å². The summed E-state index contributed by atoms with van der Waals surface area (Å²) in [5.41, 5.74) is -1.69. The van der Waals surface area contributed by atoms with E-state index in [1.165, 1.54) is 7.11 Å². The first kappa shape index (κ1) is 26.8. The van der Waals surface area contributed by atoms with Crippen LogP contribution in [0.15, 0.2) is 24.0 Å². The first-order valence-electron chi connectivity index (χ1n) is 13.2. The van der Waals surface area contributed by atoms with Gasteiger partial charge in [0.2, 0.25) is 6.79 Å². The Morgan fingerprint density at radius 1 is 1.13 bits per heavy atom. The number of carbonyl (C=O) groups excluding carboxylic acids is 2. The number of benzene rings is 1. The molecule has 1 fully saturated rings. The van der Waals surface area contributed by atoms with Gasteiger partial charge in [-0.05, 0) is 81.8 Å². The molecule has 0 aromatic heterocycles. The van der Waals surface area contributed by atoms with E-state index < -0.39 is 41.2 Å².